The number of ether oxygens (including phenoxy) is 1. The predicted octanol–water partition coefficient (Wildman–Crippen LogP) is 2.44. The fourth-order valence-corrected chi connectivity index (χ4v) is 4.61. The maximum Gasteiger partial charge on any atom is 0.339 e. The Morgan fingerprint density at radius 2 is 2.12 bits per heavy atom. The maximum atomic E-state index is 12.3. The summed E-state index contributed by atoms with van der Waals surface area (Å²) in [7, 11) is -3.40. The first kappa shape index (κ1) is 16.0. The Morgan fingerprint density at radius 3 is 3.00 bits per heavy atom. The van der Waals surface area contributed by atoms with Gasteiger partial charge in [-0.3, -0.25) is 0 Å². The van der Waals surface area contributed by atoms with Crippen LogP contribution in [0.3, 0.4) is 0 Å². The number of thiophene rings is 1. The van der Waals surface area contributed by atoms with E-state index in [2.05, 4.69) is 4.40 Å². The monoisotopic (exact) mass is 374 g/mol. The number of hydrogen-bond donors (Lipinski definition) is 0. The zero-order valence-electron chi connectivity index (χ0n) is 13.1. The van der Waals surface area contributed by atoms with Gasteiger partial charge in [0.1, 0.15) is 12.4 Å². The normalized spacial score (nSPS) is 18.5. The fourth-order valence-electron chi connectivity index (χ4n) is 2.69. The molecule has 128 valence electrons. The number of hydrogen-bond acceptors (Lipinski definition) is 6. The Kier molecular flexibility index (Phi) is 3.93. The van der Waals surface area contributed by atoms with Gasteiger partial charge in [-0.25, -0.2) is 13.2 Å². The van der Waals surface area contributed by atoms with Gasteiger partial charge in [0.05, 0.1) is 11.3 Å². The smallest absolute Gasteiger partial charge is 0.339 e. The van der Waals surface area contributed by atoms with Crippen LogP contribution < -0.4 is 0 Å². The van der Waals surface area contributed by atoms with E-state index < -0.39 is 16.0 Å². The van der Waals surface area contributed by atoms with Gasteiger partial charge < -0.3 is 9.64 Å². The molecule has 0 amide bonds. The summed E-state index contributed by atoms with van der Waals surface area (Å²) >= 11 is 1.62. The Morgan fingerprint density at radius 1 is 1.28 bits per heavy atom. The van der Waals surface area contributed by atoms with Gasteiger partial charge in [0, 0.05) is 23.0 Å². The van der Waals surface area contributed by atoms with E-state index >= 15 is 0 Å². The van der Waals surface area contributed by atoms with Gasteiger partial charge in [-0.15, -0.1) is 15.7 Å². The molecular formula is C17H14N2O4S2. The molecule has 0 saturated heterocycles. The molecule has 4 rings (SSSR count). The summed E-state index contributed by atoms with van der Waals surface area (Å²) in [6.45, 7) is 0.473. The largest absolute Gasteiger partial charge is 0.457 e. The molecule has 0 saturated carbocycles. The predicted molar refractivity (Wildman–Crippen MR) is 96.8 cm³/mol. The number of benzene rings is 1. The summed E-state index contributed by atoms with van der Waals surface area (Å²) < 4.78 is 33.3. The first-order valence-corrected chi connectivity index (χ1v) is 10.1. The van der Waals surface area contributed by atoms with Crippen LogP contribution in [-0.4, -0.2) is 37.4 Å². The Bertz CT molecular complexity index is 1050. The third-order valence-electron chi connectivity index (χ3n) is 3.98. The van der Waals surface area contributed by atoms with Gasteiger partial charge in [0.2, 0.25) is 0 Å². The standard InChI is InChI=1S/C17H14N2O4S2/c20-17(23-10-13-11-24-15-4-2-1-3-14(13)15)12-5-6-16-18-25(21,22)8-7-19(16)9-12/h1-6,9,11H,7-8,10H2. The van der Waals surface area contributed by atoms with Crippen molar-refractivity contribution in [2.45, 2.75) is 6.61 Å². The molecule has 2 aliphatic heterocycles. The topological polar surface area (TPSA) is 76.0 Å². The lowest BCUT2D eigenvalue weighted by molar-refractivity contribution is -0.139. The van der Waals surface area contributed by atoms with Gasteiger partial charge >= 0.3 is 5.97 Å². The number of sulfonamides is 1. The van der Waals surface area contributed by atoms with Crippen LogP contribution in [0.15, 0.2) is 58.0 Å². The van der Waals surface area contributed by atoms with Crippen molar-refractivity contribution in [3.05, 3.63) is 59.1 Å². The Labute approximate surface area is 148 Å². The van der Waals surface area contributed by atoms with Gasteiger partial charge in [0.15, 0.2) is 0 Å². The van der Waals surface area contributed by atoms with Crippen molar-refractivity contribution >= 4 is 43.3 Å². The lowest BCUT2D eigenvalue weighted by atomic mass is 10.2. The minimum Gasteiger partial charge on any atom is -0.457 e. The number of esters is 1. The van der Waals surface area contributed by atoms with Crippen LogP contribution in [0, 0.1) is 0 Å². The zero-order valence-corrected chi connectivity index (χ0v) is 14.7. The molecule has 0 aliphatic carbocycles. The van der Waals surface area contributed by atoms with E-state index in [0.717, 1.165) is 15.6 Å². The summed E-state index contributed by atoms with van der Waals surface area (Å²) in [4.78, 5) is 14.0. The van der Waals surface area contributed by atoms with Crippen molar-refractivity contribution in [2.24, 2.45) is 4.40 Å². The van der Waals surface area contributed by atoms with Gasteiger partial charge in [0.25, 0.3) is 10.0 Å². The number of nitrogens with zero attached hydrogens (tertiary/aromatic N) is 2. The van der Waals surface area contributed by atoms with Crippen LogP contribution in [0.25, 0.3) is 10.1 Å². The number of carbonyl (C=O) groups is 1. The van der Waals surface area contributed by atoms with Gasteiger partial charge in [-0.05, 0) is 29.0 Å². The van der Waals surface area contributed by atoms with Crippen LogP contribution in [0.2, 0.25) is 0 Å². The molecule has 0 N–H and O–H groups in total. The molecule has 2 aromatic rings. The molecule has 0 spiro atoms. The molecule has 0 bridgehead atoms. The zero-order chi connectivity index (χ0) is 17.4. The highest BCUT2D eigenvalue weighted by Crippen LogP contribution is 2.26. The minimum atomic E-state index is -3.40. The lowest BCUT2D eigenvalue weighted by Crippen LogP contribution is -2.37. The van der Waals surface area contributed by atoms with Crippen molar-refractivity contribution in [3.63, 3.8) is 0 Å². The fraction of sp³-hybridized carbons (Fsp3) is 0.176. The SMILES string of the molecule is O=C(OCc1csc2ccccc12)C1=CN2CCS(=O)(=O)N=C2C=C1. The molecule has 6 nitrogen and oxygen atoms in total. The average Bonchev–Trinajstić information content (AvgIpc) is 3.02. The summed E-state index contributed by atoms with van der Waals surface area (Å²) in [6.07, 6.45) is 4.64. The van der Waals surface area contributed by atoms with Crippen LogP contribution in [0.1, 0.15) is 5.56 Å². The third-order valence-corrected chi connectivity index (χ3v) is 6.16. The number of amidine groups is 1. The number of rotatable bonds is 3. The molecule has 25 heavy (non-hydrogen) atoms. The molecule has 1 aromatic carbocycles. The highest BCUT2D eigenvalue weighted by Gasteiger charge is 2.25. The van der Waals surface area contributed by atoms with Crippen LogP contribution in [0.4, 0.5) is 0 Å². The molecular weight excluding hydrogens is 360 g/mol. The van der Waals surface area contributed by atoms with E-state index in [0.29, 0.717) is 11.4 Å². The summed E-state index contributed by atoms with van der Waals surface area (Å²) in [5.41, 5.74) is 1.35. The van der Waals surface area contributed by atoms with Crippen molar-refractivity contribution < 1.29 is 17.9 Å². The molecule has 1 aromatic heterocycles. The van der Waals surface area contributed by atoms with Crippen molar-refractivity contribution in [2.75, 3.05) is 12.3 Å². The molecule has 2 aliphatic rings. The lowest BCUT2D eigenvalue weighted by Gasteiger charge is -2.26. The first-order chi connectivity index (χ1) is 12.0. The number of carbonyl (C=O) groups excluding carboxylic acids is 1. The summed E-state index contributed by atoms with van der Waals surface area (Å²) in [5, 5.41) is 3.08. The number of fused-ring (bicyclic) bond motifs is 2. The Hall–Kier alpha value is -2.45. The summed E-state index contributed by atoms with van der Waals surface area (Å²) in [5.74, 6) is -0.185. The van der Waals surface area contributed by atoms with Crippen molar-refractivity contribution in [1.82, 2.24) is 4.90 Å². The average molecular weight is 374 g/mol. The van der Waals surface area contributed by atoms with E-state index in [1.165, 1.54) is 12.2 Å². The molecule has 0 atom stereocenters. The third kappa shape index (κ3) is 3.22. The molecule has 0 radical (unpaired) electrons. The van der Waals surface area contributed by atoms with Crippen LogP contribution >= 0.6 is 11.3 Å². The highest BCUT2D eigenvalue weighted by molar-refractivity contribution is 7.90. The Balaban J connectivity index is 1.47. The van der Waals surface area contributed by atoms with E-state index in [1.807, 2.05) is 29.6 Å². The van der Waals surface area contributed by atoms with E-state index in [-0.39, 0.29) is 18.9 Å². The van der Waals surface area contributed by atoms with E-state index in [9.17, 15) is 13.2 Å². The summed E-state index contributed by atoms with van der Waals surface area (Å²) in [6, 6.07) is 7.97. The van der Waals surface area contributed by atoms with E-state index in [4.69, 9.17) is 4.74 Å². The molecule has 0 unspecified atom stereocenters. The van der Waals surface area contributed by atoms with Crippen molar-refractivity contribution in [3.8, 4) is 0 Å². The van der Waals surface area contributed by atoms with Crippen LogP contribution in [0.5, 0.6) is 0 Å². The molecule has 0 fully saturated rings. The van der Waals surface area contributed by atoms with E-state index in [1.54, 1.807) is 22.4 Å². The van der Waals surface area contributed by atoms with Crippen LogP contribution in [-0.2, 0) is 26.2 Å². The molecule has 3 heterocycles. The highest BCUT2D eigenvalue weighted by atomic mass is 32.2. The quantitative estimate of drug-likeness (QED) is 0.772. The first-order valence-electron chi connectivity index (χ1n) is 7.63. The minimum absolute atomic E-state index is 0.0654. The second-order valence-corrected chi connectivity index (χ2v) is 8.35. The second kappa shape index (κ2) is 6.12. The second-order valence-electron chi connectivity index (χ2n) is 5.68. The van der Waals surface area contributed by atoms with Gasteiger partial charge in [-0.1, -0.05) is 18.2 Å². The van der Waals surface area contributed by atoms with Gasteiger partial charge in [-0.2, -0.15) is 0 Å². The van der Waals surface area contributed by atoms with Crippen molar-refractivity contribution in [1.29, 1.82) is 0 Å². The molecule has 8 heteroatoms. The maximum absolute atomic E-state index is 12.3.